The third-order valence-electron chi connectivity index (χ3n) is 5.35. The van der Waals surface area contributed by atoms with Crippen molar-refractivity contribution in [2.24, 2.45) is 5.41 Å². The summed E-state index contributed by atoms with van der Waals surface area (Å²) in [5.41, 5.74) is 5.07. The fraction of sp³-hybridized carbons (Fsp3) is 0.700. The smallest absolute Gasteiger partial charge is 0.00436 e. The second-order valence-corrected chi connectivity index (χ2v) is 7.14. The Bertz CT molecular complexity index is 429. The number of aryl methyl sites for hydroxylation is 3. The van der Waals surface area contributed by atoms with Gasteiger partial charge in [0.15, 0.2) is 0 Å². The van der Waals surface area contributed by atoms with Crippen LogP contribution in [0.4, 0.5) is 0 Å². The van der Waals surface area contributed by atoms with Crippen LogP contribution in [0.25, 0.3) is 0 Å². The second-order valence-electron chi connectivity index (χ2n) is 7.14. The van der Waals surface area contributed by atoms with Crippen molar-refractivity contribution in [2.45, 2.75) is 72.1 Å². The molecule has 0 heterocycles. The molecule has 0 amide bonds. The van der Waals surface area contributed by atoms with Gasteiger partial charge in [-0.15, -0.1) is 0 Å². The summed E-state index contributed by atoms with van der Waals surface area (Å²) in [6, 6.07) is 6.92. The lowest BCUT2D eigenvalue weighted by atomic mass is 9.77. The van der Waals surface area contributed by atoms with E-state index in [1.807, 2.05) is 0 Å². The molecule has 0 unspecified atom stereocenters. The van der Waals surface area contributed by atoms with Gasteiger partial charge >= 0.3 is 0 Å². The van der Waals surface area contributed by atoms with Crippen LogP contribution in [0.5, 0.6) is 0 Å². The molecular formula is C20H33N. The van der Waals surface area contributed by atoms with Gasteiger partial charge in [-0.1, -0.05) is 43.5 Å². The van der Waals surface area contributed by atoms with Gasteiger partial charge in [0.2, 0.25) is 0 Å². The van der Waals surface area contributed by atoms with Gasteiger partial charge in [0, 0.05) is 0 Å². The molecule has 0 aromatic heterocycles. The SMILES string of the molecule is CCCNCCC1(CCc2cc(C)ccc2C)CCCC1. The third kappa shape index (κ3) is 4.85. The van der Waals surface area contributed by atoms with Gasteiger partial charge in [0.25, 0.3) is 0 Å². The van der Waals surface area contributed by atoms with Crippen LogP contribution in [0.3, 0.4) is 0 Å². The van der Waals surface area contributed by atoms with E-state index < -0.39 is 0 Å². The molecule has 0 aliphatic heterocycles. The Labute approximate surface area is 131 Å². The highest BCUT2D eigenvalue weighted by atomic mass is 14.8. The lowest BCUT2D eigenvalue weighted by Gasteiger charge is -2.29. The van der Waals surface area contributed by atoms with Crippen molar-refractivity contribution in [3.05, 3.63) is 34.9 Å². The predicted octanol–water partition coefficient (Wildman–Crippen LogP) is 5.19. The monoisotopic (exact) mass is 287 g/mol. The summed E-state index contributed by atoms with van der Waals surface area (Å²) < 4.78 is 0. The molecule has 2 rings (SSSR count). The summed E-state index contributed by atoms with van der Waals surface area (Å²) >= 11 is 0. The molecule has 1 aromatic carbocycles. The lowest BCUT2D eigenvalue weighted by molar-refractivity contribution is 0.245. The zero-order valence-corrected chi connectivity index (χ0v) is 14.3. The quantitative estimate of drug-likeness (QED) is 0.649. The van der Waals surface area contributed by atoms with E-state index in [1.165, 1.54) is 75.6 Å². The molecule has 0 saturated heterocycles. The Balaban J connectivity index is 1.91. The first-order valence-corrected chi connectivity index (χ1v) is 8.92. The normalized spacial score (nSPS) is 17.3. The average Bonchev–Trinajstić information content (AvgIpc) is 2.94. The van der Waals surface area contributed by atoms with E-state index in [2.05, 4.69) is 44.3 Å². The lowest BCUT2D eigenvalue weighted by Crippen LogP contribution is -2.26. The van der Waals surface area contributed by atoms with Gasteiger partial charge in [0.1, 0.15) is 0 Å². The van der Waals surface area contributed by atoms with Crippen molar-refractivity contribution in [1.29, 1.82) is 0 Å². The van der Waals surface area contributed by atoms with Crippen molar-refractivity contribution < 1.29 is 0 Å². The molecule has 0 bridgehead atoms. The van der Waals surface area contributed by atoms with Crippen LogP contribution in [-0.2, 0) is 6.42 Å². The highest BCUT2D eigenvalue weighted by Gasteiger charge is 2.32. The van der Waals surface area contributed by atoms with E-state index in [-0.39, 0.29) is 0 Å². The summed E-state index contributed by atoms with van der Waals surface area (Å²) in [5.74, 6) is 0. The van der Waals surface area contributed by atoms with Crippen LogP contribution in [0.1, 0.15) is 68.6 Å². The summed E-state index contributed by atoms with van der Waals surface area (Å²) in [6.45, 7) is 9.11. The van der Waals surface area contributed by atoms with E-state index in [0.29, 0.717) is 5.41 Å². The Morgan fingerprint density at radius 3 is 2.52 bits per heavy atom. The van der Waals surface area contributed by atoms with Crippen molar-refractivity contribution in [2.75, 3.05) is 13.1 Å². The molecule has 1 N–H and O–H groups in total. The number of rotatable bonds is 8. The van der Waals surface area contributed by atoms with Gasteiger partial charge in [-0.05, 0) is 82.0 Å². The maximum atomic E-state index is 3.61. The number of nitrogens with one attached hydrogen (secondary N) is 1. The molecule has 1 aliphatic carbocycles. The third-order valence-corrected chi connectivity index (χ3v) is 5.35. The van der Waals surface area contributed by atoms with Crippen LogP contribution in [0.2, 0.25) is 0 Å². The summed E-state index contributed by atoms with van der Waals surface area (Å²) in [7, 11) is 0. The van der Waals surface area contributed by atoms with Crippen LogP contribution < -0.4 is 5.32 Å². The summed E-state index contributed by atoms with van der Waals surface area (Å²) in [5, 5.41) is 3.61. The fourth-order valence-electron chi connectivity index (χ4n) is 3.87. The molecule has 1 nitrogen and oxygen atoms in total. The van der Waals surface area contributed by atoms with Gasteiger partial charge < -0.3 is 5.32 Å². The zero-order chi connectivity index (χ0) is 15.1. The highest BCUT2D eigenvalue weighted by Crippen LogP contribution is 2.44. The van der Waals surface area contributed by atoms with Crippen LogP contribution in [-0.4, -0.2) is 13.1 Å². The highest BCUT2D eigenvalue weighted by molar-refractivity contribution is 5.30. The van der Waals surface area contributed by atoms with Gasteiger partial charge in [-0.25, -0.2) is 0 Å². The van der Waals surface area contributed by atoms with Crippen molar-refractivity contribution in [3.63, 3.8) is 0 Å². The van der Waals surface area contributed by atoms with Crippen LogP contribution >= 0.6 is 0 Å². The van der Waals surface area contributed by atoms with E-state index in [0.717, 1.165) is 0 Å². The molecule has 1 heteroatoms. The van der Waals surface area contributed by atoms with Crippen molar-refractivity contribution in [3.8, 4) is 0 Å². The molecule has 1 aromatic rings. The first-order chi connectivity index (χ1) is 10.2. The summed E-state index contributed by atoms with van der Waals surface area (Å²) in [6.07, 6.45) is 11.1. The van der Waals surface area contributed by atoms with Crippen molar-refractivity contribution in [1.82, 2.24) is 5.32 Å². The second kappa shape index (κ2) is 7.98. The van der Waals surface area contributed by atoms with E-state index in [9.17, 15) is 0 Å². The van der Waals surface area contributed by atoms with Crippen LogP contribution in [0, 0.1) is 19.3 Å². The van der Waals surface area contributed by atoms with Gasteiger partial charge in [0.05, 0.1) is 0 Å². The molecular weight excluding hydrogens is 254 g/mol. The Morgan fingerprint density at radius 2 is 1.81 bits per heavy atom. The average molecular weight is 287 g/mol. The first kappa shape index (κ1) is 16.5. The summed E-state index contributed by atoms with van der Waals surface area (Å²) in [4.78, 5) is 0. The molecule has 118 valence electrons. The molecule has 0 radical (unpaired) electrons. The maximum Gasteiger partial charge on any atom is -0.00436 e. The largest absolute Gasteiger partial charge is 0.317 e. The number of benzene rings is 1. The number of hydrogen-bond donors (Lipinski definition) is 1. The van der Waals surface area contributed by atoms with E-state index in [1.54, 1.807) is 5.56 Å². The topological polar surface area (TPSA) is 12.0 Å². The molecule has 21 heavy (non-hydrogen) atoms. The minimum absolute atomic E-state index is 0.622. The maximum absolute atomic E-state index is 3.61. The minimum atomic E-state index is 0.622. The fourth-order valence-corrected chi connectivity index (χ4v) is 3.87. The first-order valence-electron chi connectivity index (χ1n) is 8.92. The molecule has 1 fully saturated rings. The van der Waals surface area contributed by atoms with E-state index in [4.69, 9.17) is 0 Å². The minimum Gasteiger partial charge on any atom is -0.317 e. The van der Waals surface area contributed by atoms with Crippen LogP contribution in [0.15, 0.2) is 18.2 Å². The molecule has 1 saturated carbocycles. The Hall–Kier alpha value is -0.820. The van der Waals surface area contributed by atoms with Gasteiger partial charge in [-0.2, -0.15) is 0 Å². The standard InChI is InChI=1S/C20H33N/c1-4-14-21-15-13-20(10-5-6-11-20)12-9-19-16-17(2)7-8-18(19)3/h7-8,16,21H,4-6,9-15H2,1-3H3. The van der Waals surface area contributed by atoms with E-state index >= 15 is 0 Å². The predicted molar refractivity (Wildman–Crippen MR) is 92.9 cm³/mol. The Kier molecular flexibility index (Phi) is 6.29. The molecule has 1 aliphatic rings. The molecule has 0 atom stereocenters. The molecule has 0 spiro atoms. The van der Waals surface area contributed by atoms with Crippen molar-refractivity contribution >= 4 is 0 Å². The zero-order valence-electron chi connectivity index (χ0n) is 14.3. The Morgan fingerprint density at radius 1 is 1.05 bits per heavy atom. The van der Waals surface area contributed by atoms with Gasteiger partial charge in [-0.3, -0.25) is 0 Å². The number of hydrogen-bond acceptors (Lipinski definition) is 1.